The van der Waals surface area contributed by atoms with E-state index in [-0.39, 0.29) is 18.4 Å². The van der Waals surface area contributed by atoms with Gasteiger partial charge in [-0.05, 0) is 18.4 Å². The van der Waals surface area contributed by atoms with Gasteiger partial charge in [0.05, 0.1) is 6.54 Å². The van der Waals surface area contributed by atoms with Gasteiger partial charge in [-0.1, -0.05) is 30.3 Å². The van der Waals surface area contributed by atoms with Crippen molar-refractivity contribution in [3.05, 3.63) is 35.9 Å². The summed E-state index contributed by atoms with van der Waals surface area (Å²) in [6, 6.07) is 10.1. The molecule has 1 heterocycles. The van der Waals surface area contributed by atoms with Crippen LogP contribution in [0, 0.1) is 5.92 Å². The van der Waals surface area contributed by atoms with Gasteiger partial charge < -0.3 is 22.8 Å². The molecule has 17 heavy (non-hydrogen) atoms. The van der Waals surface area contributed by atoms with Crippen LogP contribution in [0.25, 0.3) is 0 Å². The largest absolute Gasteiger partial charge is 1.00 e. The molecule has 4 heteroatoms. The molecule has 94 valence electrons. The van der Waals surface area contributed by atoms with Gasteiger partial charge in [-0.25, -0.2) is 4.79 Å². The zero-order valence-corrected chi connectivity index (χ0v) is 10.4. The summed E-state index contributed by atoms with van der Waals surface area (Å²) in [6.07, 6.45) is 3.00. The molecule has 1 fully saturated rings. The van der Waals surface area contributed by atoms with E-state index >= 15 is 0 Å². The molecule has 0 unspecified atom stereocenters. The molecule has 0 bridgehead atoms. The lowest BCUT2D eigenvalue weighted by Gasteiger charge is -2.11. The molecule has 1 aromatic rings. The number of carboxylic acid groups (broad SMARTS) is 1. The number of aryl methyl sites for hydroxylation is 1. The highest BCUT2D eigenvalue weighted by Crippen LogP contribution is 2.18. The highest BCUT2D eigenvalue weighted by atomic mass is 35.5. The van der Waals surface area contributed by atoms with Gasteiger partial charge in [0.2, 0.25) is 0 Å². The average Bonchev–Trinajstić information content (AvgIpc) is 2.76. The molecule has 0 radical (unpaired) electrons. The Balaban J connectivity index is 0.00000144. The Morgan fingerprint density at radius 2 is 2.06 bits per heavy atom. The van der Waals surface area contributed by atoms with Crippen molar-refractivity contribution in [3.8, 4) is 0 Å². The van der Waals surface area contributed by atoms with Crippen molar-refractivity contribution in [2.24, 2.45) is 5.92 Å². The predicted molar refractivity (Wildman–Crippen MR) is 61.1 cm³/mol. The second kappa shape index (κ2) is 6.62. The van der Waals surface area contributed by atoms with Crippen LogP contribution in [0.1, 0.15) is 18.4 Å². The number of hydrogen-bond donors (Lipinski definition) is 2. The van der Waals surface area contributed by atoms with Crippen molar-refractivity contribution in [1.29, 1.82) is 0 Å². The van der Waals surface area contributed by atoms with Gasteiger partial charge in [0, 0.05) is 12.3 Å². The van der Waals surface area contributed by atoms with Crippen LogP contribution in [0.3, 0.4) is 0 Å². The Hall–Kier alpha value is -1.06. The fourth-order valence-electron chi connectivity index (χ4n) is 2.48. The minimum Gasteiger partial charge on any atom is -1.00 e. The van der Waals surface area contributed by atoms with E-state index < -0.39 is 5.97 Å². The first-order chi connectivity index (χ1) is 7.77. The van der Waals surface area contributed by atoms with Gasteiger partial charge in [0.15, 0.2) is 6.04 Å². The molecule has 3 N–H and O–H groups in total. The molecule has 3 nitrogen and oxygen atoms in total. The van der Waals surface area contributed by atoms with Crippen molar-refractivity contribution < 1.29 is 27.6 Å². The van der Waals surface area contributed by atoms with Crippen LogP contribution in [0.4, 0.5) is 0 Å². The van der Waals surface area contributed by atoms with Crippen molar-refractivity contribution in [2.75, 3.05) is 6.54 Å². The molecular formula is C13H18ClNO2. The van der Waals surface area contributed by atoms with Crippen molar-refractivity contribution in [1.82, 2.24) is 0 Å². The number of carbonyl (C=O) groups is 1. The smallest absolute Gasteiger partial charge is 0.362 e. The molecular weight excluding hydrogens is 238 g/mol. The molecule has 0 saturated carbocycles. The Labute approximate surface area is 108 Å². The number of nitrogens with two attached hydrogens (primary N) is 1. The quantitative estimate of drug-likeness (QED) is 0.634. The second-order valence-electron chi connectivity index (χ2n) is 4.46. The predicted octanol–water partition coefficient (Wildman–Crippen LogP) is -2.34. The summed E-state index contributed by atoms with van der Waals surface area (Å²) in [7, 11) is 0. The summed E-state index contributed by atoms with van der Waals surface area (Å²) >= 11 is 0. The third-order valence-electron chi connectivity index (χ3n) is 3.40. The van der Waals surface area contributed by atoms with E-state index in [9.17, 15) is 4.79 Å². The van der Waals surface area contributed by atoms with Crippen molar-refractivity contribution in [2.45, 2.75) is 25.3 Å². The molecule has 1 aliphatic rings. The maximum absolute atomic E-state index is 11.0. The van der Waals surface area contributed by atoms with Crippen molar-refractivity contribution in [3.63, 3.8) is 0 Å². The molecule has 2 rings (SSSR count). The van der Waals surface area contributed by atoms with Crippen molar-refractivity contribution >= 4 is 5.97 Å². The average molecular weight is 256 g/mol. The van der Waals surface area contributed by atoms with Crippen LogP contribution in [-0.2, 0) is 11.2 Å². The molecule has 0 amide bonds. The van der Waals surface area contributed by atoms with E-state index in [0.717, 1.165) is 25.8 Å². The minimum absolute atomic E-state index is 0. The van der Waals surface area contributed by atoms with Crippen LogP contribution in [-0.4, -0.2) is 23.7 Å². The van der Waals surface area contributed by atoms with Gasteiger partial charge in [-0.3, -0.25) is 0 Å². The third kappa shape index (κ3) is 3.72. The van der Waals surface area contributed by atoms with Gasteiger partial charge in [0.25, 0.3) is 0 Å². The summed E-state index contributed by atoms with van der Waals surface area (Å²) in [6.45, 7) is 0.955. The van der Waals surface area contributed by atoms with Gasteiger partial charge in [0.1, 0.15) is 0 Å². The van der Waals surface area contributed by atoms with Crippen LogP contribution < -0.4 is 17.7 Å². The number of aliphatic carboxylic acids is 1. The number of carboxylic acids is 1. The van der Waals surface area contributed by atoms with Crippen LogP contribution in [0.5, 0.6) is 0 Å². The first-order valence-electron chi connectivity index (χ1n) is 5.87. The normalized spacial score (nSPS) is 23.1. The number of hydrogen-bond acceptors (Lipinski definition) is 1. The fourth-order valence-corrected chi connectivity index (χ4v) is 2.48. The Morgan fingerprint density at radius 3 is 2.71 bits per heavy atom. The van der Waals surface area contributed by atoms with Crippen LogP contribution >= 0.6 is 0 Å². The third-order valence-corrected chi connectivity index (χ3v) is 3.40. The first kappa shape index (κ1) is 14.0. The molecule has 1 saturated heterocycles. The first-order valence-corrected chi connectivity index (χ1v) is 5.87. The Morgan fingerprint density at radius 1 is 1.35 bits per heavy atom. The second-order valence-corrected chi connectivity index (χ2v) is 4.46. The Bertz CT molecular complexity index is 356. The van der Waals surface area contributed by atoms with Gasteiger partial charge in [-0.15, -0.1) is 0 Å². The van der Waals surface area contributed by atoms with E-state index in [2.05, 4.69) is 12.1 Å². The zero-order valence-electron chi connectivity index (χ0n) is 9.68. The molecule has 0 aliphatic carbocycles. The monoisotopic (exact) mass is 255 g/mol. The number of rotatable bonds is 4. The summed E-state index contributed by atoms with van der Waals surface area (Å²) in [4.78, 5) is 11.0. The summed E-state index contributed by atoms with van der Waals surface area (Å²) in [5, 5.41) is 11.0. The van der Waals surface area contributed by atoms with E-state index in [1.165, 1.54) is 5.56 Å². The fraction of sp³-hybridized carbons (Fsp3) is 0.462. The molecule has 2 atom stereocenters. The van der Waals surface area contributed by atoms with E-state index in [0.29, 0.717) is 5.92 Å². The SMILES string of the molecule is O=C(O)[C@H]1[NH2+]CC[C@H]1CCc1ccccc1.[Cl-]. The molecule has 1 aromatic carbocycles. The summed E-state index contributed by atoms with van der Waals surface area (Å²) in [5.41, 5.74) is 1.30. The van der Waals surface area contributed by atoms with Gasteiger partial charge in [-0.2, -0.15) is 0 Å². The van der Waals surface area contributed by atoms with E-state index in [1.807, 2.05) is 23.5 Å². The van der Waals surface area contributed by atoms with Crippen LogP contribution in [0.15, 0.2) is 30.3 Å². The lowest BCUT2D eigenvalue weighted by Crippen LogP contribution is -3.00. The lowest BCUT2D eigenvalue weighted by molar-refractivity contribution is -0.661. The summed E-state index contributed by atoms with van der Waals surface area (Å²) < 4.78 is 0. The maximum atomic E-state index is 11.0. The van der Waals surface area contributed by atoms with Gasteiger partial charge >= 0.3 is 5.97 Å². The van der Waals surface area contributed by atoms with E-state index in [1.54, 1.807) is 0 Å². The van der Waals surface area contributed by atoms with Crippen LogP contribution in [0.2, 0.25) is 0 Å². The number of halogens is 1. The van der Waals surface area contributed by atoms with E-state index in [4.69, 9.17) is 5.11 Å². The number of quaternary nitrogens is 1. The molecule has 0 spiro atoms. The standard InChI is InChI=1S/C13H17NO2.ClH/c15-13(16)12-11(8-9-14-12)7-6-10-4-2-1-3-5-10;/h1-5,11-12,14H,6-9H2,(H,15,16);1H/t11-,12+;/m1./s1. The highest BCUT2D eigenvalue weighted by Gasteiger charge is 2.36. The Kier molecular flexibility index (Phi) is 5.45. The minimum atomic E-state index is -0.657. The maximum Gasteiger partial charge on any atom is 0.362 e. The molecule has 1 aliphatic heterocycles. The summed E-state index contributed by atoms with van der Waals surface area (Å²) in [5.74, 6) is -0.326. The topological polar surface area (TPSA) is 53.9 Å². The highest BCUT2D eigenvalue weighted by molar-refractivity contribution is 5.72. The lowest BCUT2D eigenvalue weighted by atomic mass is 9.93. The number of benzene rings is 1. The zero-order chi connectivity index (χ0) is 11.4. The molecule has 0 aromatic heterocycles.